The zero-order valence-electron chi connectivity index (χ0n) is 7.57. The maximum atomic E-state index is 5.75. The van der Waals surface area contributed by atoms with E-state index in [1.807, 2.05) is 6.21 Å². The van der Waals surface area contributed by atoms with E-state index in [9.17, 15) is 0 Å². The van der Waals surface area contributed by atoms with Gasteiger partial charge in [0.1, 0.15) is 5.69 Å². The molecule has 0 amide bonds. The van der Waals surface area contributed by atoms with Crippen LogP contribution in [0, 0.1) is 5.92 Å². The normalized spacial score (nSPS) is 29.3. The smallest absolute Gasteiger partial charge is 0.109 e. The lowest BCUT2D eigenvalue weighted by molar-refractivity contribution is 0.725. The van der Waals surface area contributed by atoms with Gasteiger partial charge in [-0.1, -0.05) is 0 Å². The van der Waals surface area contributed by atoms with Crippen LogP contribution >= 0.6 is 0 Å². The van der Waals surface area contributed by atoms with Gasteiger partial charge in [0.15, 0.2) is 0 Å². The highest BCUT2D eigenvalue weighted by atomic mass is 15.5. The Morgan fingerprint density at radius 3 is 3.31 bits per heavy atom. The van der Waals surface area contributed by atoms with Gasteiger partial charge in [-0.3, -0.25) is 4.99 Å². The number of hydrogen-bond acceptors (Lipinski definition) is 3. The molecule has 2 unspecified atom stereocenters. The fourth-order valence-corrected chi connectivity index (χ4v) is 2.40. The van der Waals surface area contributed by atoms with Crippen LogP contribution in [0.15, 0.2) is 4.99 Å². The van der Waals surface area contributed by atoms with Gasteiger partial charge >= 0.3 is 0 Å². The first-order valence-electron chi connectivity index (χ1n) is 4.60. The van der Waals surface area contributed by atoms with Gasteiger partial charge in [-0.05, 0) is 24.7 Å². The van der Waals surface area contributed by atoms with Gasteiger partial charge in [0.2, 0.25) is 0 Å². The summed E-state index contributed by atoms with van der Waals surface area (Å²) in [7, 11) is 1.77. The summed E-state index contributed by atoms with van der Waals surface area (Å²) in [5.41, 5.74) is 3.55. The van der Waals surface area contributed by atoms with Crippen LogP contribution in [0.4, 0.5) is 0 Å². The standard InChI is InChI=1S/C9H12N4/c1-11-4-7-9-6-2-5(6)3-8(9)13(10)12-7/h4-6H,2-3,10H2,1H3. The van der Waals surface area contributed by atoms with Crippen molar-refractivity contribution in [2.45, 2.75) is 18.8 Å². The van der Waals surface area contributed by atoms with Gasteiger partial charge in [0.05, 0.1) is 5.69 Å². The molecule has 2 N–H and O–H groups in total. The summed E-state index contributed by atoms with van der Waals surface area (Å²) in [4.78, 5) is 5.52. The van der Waals surface area contributed by atoms with E-state index in [4.69, 9.17) is 5.84 Å². The van der Waals surface area contributed by atoms with Crippen LogP contribution in [0.25, 0.3) is 0 Å². The van der Waals surface area contributed by atoms with Crippen LogP contribution in [0.2, 0.25) is 0 Å². The number of aromatic nitrogens is 2. The first kappa shape index (κ1) is 7.12. The third-order valence-electron chi connectivity index (χ3n) is 3.08. The number of nitrogens with two attached hydrogens (primary N) is 1. The van der Waals surface area contributed by atoms with E-state index >= 15 is 0 Å². The largest absolute Gasteiger partial charge is 0.323 e. The SMILES string of the molecule is CN=Cc1nn(N)c2c1C1CC1C2. The van der Waals surface area contributed by atoms with E-state index in [1.165, 1.54) is 22.5 Å². The van der Waals surface area contributed by atoms with Crippen LogP contribution in [0.3, 0.4) is 0 Å². The van der Waals surface area contributed by atoms with Crippen LogP contribution in [0.1, 0.15) is 29.3 Å². The number of hydrogen-bond donors (Lipinski definition) is 1. The van der Waals surface area contributed by atoms with E-state index < -0.39 is 0 Å². The van der Waals surface area contributed by atoms with Gasteiger partial charge in [-0.15, -0.1) is 0 Å². The number of aliphatic imine (C=N–C) groups is 1. The van der Waals surface area contributed by atoms with Crippen LogP contribution in [0.5, 0.6) is 0 Å². The van der Waals surface area contributed by atoms with E-state index in [1.54, 1.807) is 7.05 Å². The lowest BCUT2D eigenvalue weighted by Gasteiger charge is -1.96. The van der Waals surface area contributed by atoms with Crippen LogP contribution < -0.4 is 5.84 Å². The van der Waals surface area contributed by atoms with Gasteiger partial charge in [0, 0.05) is 18.8 Å². The molecule has 1 aromatic heterocycles. The quantitative estimate of drug-likeness (QED) is 0.494. The summed E-state index contributed by atoms with van der Waals surface area (Å²) in [5.74, 6) is 7.34. The molecule has 4 heteroatoms. The first-order valence-corrected chi connectivity index (χ1v) is 4.60. The Labute approximate surface area is 76.4 Å². The fraction of sp³-hybridized carbons (Fsp3) is 0.556. The number of rotatable bonds is 1. The molecule has 68 valence electrons. The van der Waals surface area contributed by atoms with Gasteiger partial charge < -0.3 is 5.84 Å². The maximum Gasteiger partial charge on any atom is 0.109 e. The average Bonchev–Trinajstić information content (AvgIpc) is 2.65. The molecule has 0 radical (unpaired) electrons. The Kier molecular flexibility index (Phi) is 1.17. The second-order valence-corrected chi connectivity index (χ2v) is 3.88. The first-order chi connectivity index (χ1) is 6.31. The maximum absolute atomic E-state index is 5.75. The Morgan fingerprint density at radius 1 is 1.69 bits per heavy atom. The molecule has 0 saturated heterocycles. The molecule has 3 rings (SSSR count). The summed E-state index contributed by atoms with van der Waals surface area (Å²) < 4.78 is 0. The Hall–Kier alpha value is -1.32. The van der Waals surface area contributed by atoms with Gasteiger partial charge in [-0.2, -0.15) is 9.89 Å². The topological polar surface area (TPSA) is 56.2 Å². The molecule has 4 nitrogen and oxygen atoms in total. The van der Waals surface area contributed by atoms with Crippen molar-refractivity contribution >= 4 is 6.21 Å². The van der Waals surface area contributed by atoms with Crippen molar-refractivity contribution in [3.63, 3.8) is 0 Å². The molecule has 0 aromatic carbocycles. The van der Waals surface area contributed by atoms with E-state index in [0.29, 0.717) is 0 Å². The second-order valence-electron chi connectivity index (χ2n) is 3.88. The molecule has 1 saturated carbocycles. The predicted molar refractivity (Wildman–Crippen MR) is 50.4 cm³/mol. The lowest BCUT2D eigenvalue weighted by Crippen LogP contribution is -2.14. The molecule has 1 aromatic rings. The van der Waals surface area contributed by atoms with Crippen LogP contribution in [-0.2, 0) is 6.42 Å². The molecule has 0 aliphatic heterocycles. The second kappa shape index (κ2) is 2.13. The van der Waals surface area contributed by atoms with Crippen molar-refractivity contribution in [2.75, 3.05) is 12.9 Å². The van der Waals surface area contributed by atoms with Crippen molar-refractivity contribution in [1.82, 2.24) is 9.89 Å². The number of fused-ring (bicyclic) bond motifs is 3. The molecule has 2 aliphatic carbocycles. The Bertz CT molecular complexity index is 391. The van der Waals surface area contributed by atoms with Crippen molar-refractivity contribution in [3.05, 3.63) is 17.0 Å². The molecule has 2 atom stereocenters. The summed E-state index contributed by atoms with van der Waals surface area (Å²) in [6.45, 7) is 0. The Morgan fingerprint density at radius 2 is 2.54 bits per heavy atom. The minimum absolute atomic E-state index is 0.736. The minimum atomic E-state index is 0.736. The molecule has 1 heterocycles. The highest BCUT2D eigenvalue weighted by Gasteiger charge is 2.48. The molecular formula is C9H12N4. The van der Waals surface area contributed by atoms with E-state index in [-0.39, 0.29) is 0 Å². The van der Waals surface area contributed by atoms with Crippen molar-refractivity contribution < 1.29 is 0 Å². The third kappa shape index (κ3) is 0.802. The van der Waals surface area contributed by atoms with Gasteiger partial charge in [-0.25, -0.2) is 0 Å². The third-order valence-corrected chi connectivity index (χ3v) is 3.08. The number of nitrogens with zero attached hydrogens (tertiary/aromatic N) is 3. The summed E-state index contributed by atoms with van der Waals surface area (Å²) in [6, 6.07) is 0. The molecule has 13 heavy (non-hydrogen) atoms. The highest BCUT2D eigenvalue weighted by molar-refractivity contribution is 5.80. The molecule has 0 bridgehead atoms. The zero-order chi connectivity index (χ0) is 9.00. The van der Waals surface area contributed by atoms with Crippen molar-refractivity contribution in [2.24, 2.45) is 10.9 Å². The molecular weight excluding hydrogens is 164 g/mol. The molecule has 2 aliphatic rings. The summed E-state index contributed by atoms with van der Waals surface area (Å²) in [5, 5.41) is 4.24. The summed E-state index contributed by atoms with van der Waals surface area (Å²) in [6.07, 6.45) is 4.24. The zero-order valence-corrected chi connectivity index (χ0v) is 7.57. The van der Waals surface area contributed by atoms with Gasteiger partial charge in [0.25, 0.3) is 0 Å². The monoisotopic (exact) mass is 176 g/mol. The van der Waals surface area contributed by atoms with E-state index in [2.05, 4.69) is 10.1 Å². The predicted octanol–water partition coefficient (Wildman–Crippen LogP) is 0.305. The van der Waals surface area contributed by atoms with Crippen molar-refractivity contribution in [1.29, 1.82) is 0 Å². The van der Waals surface area contributed by atoms with Crippen molar-refractivity contribution in [3.8, 4) is 0 Å². The minimum Gasteiger partial charge on any atom is -0.323 e. The number of nitrogen functional groups attached to an aromatic ring is 1. The lowest BCUT2D eigenvalue weighted by atomic mass is 10.1. The molecule has 0 spiro atoms. The average molecular weight is 176 g/mol. The van der Waals surface area contributed by atoms with E-state index in [0.717, 1.165) is 24.0 Å². The summed E-state index contributed by atoms with van der Waals surface area (Å²) >= 11 is 0. The van der Waals surface area contributed by atoms with Crippen LogP contribution in [-0.4, -0.2) is 23.2 Å². The fourth-order valence-electron chi connectivity index (χ4n) is 2.40. The highest BCUT2D eigenvalue weighted by Crippen LogP contribution is 2.56. The molecule has 1 fully saturated rings. The Balaban J connectivity index is 2.16.